The summed E-state index contributed by atoms with van der Waals surface area (Å²) in [6.07, 6.45) is 4.20. The van der Waals surface area contributed by atoms with Crippen molar-refractivity contribution in [2.45, 2.75) is 32.6 Å². The van der Waals surface area contributed by atoms with Crippen LogP contribution in [0.3, 0.4) is 0 Å². The number of unbranched alkanes of at least 4 members (excludes halogenated alkanes) is 2. The molecule has 0 radical (unpaired) electrons. The van der Waals surface area contributed by atoms with E-state index in [0.717, 1.165) is 19.3 Å². The van der Waals surface area contributed by atoms with E-state index in [-0.39, 0.29) is 5.75 Å². The maximum absolute atomic E-state index is 9.46. The van der Waals surface area contributed by atoms with Crippen LogP contribution < -0.4 is 0 Å². The Morgan fingerprint density at radius 2 is 2.15 bits per heavy atom. The Morgan fingerprint density at radius 1 is 1.38 bits per heavy atom. The second kappa shape index (κ2) is 5.17. The van der Waals surface area contributed by atoms with Gasteiger partial charge in [-0.05, 0) is 28.8 Å². The minimum atomic E-state index is 0.234. The summed E-state index contributed by atoms with van der Waals surface area (Å²) in [4.78, 5) is 0. The first-order valence-corrected chi connectivity index (χ1v) is 5.24. The molecule has 0 spiro atoms. The monoisotopic (exact) mass is 244 g/mol. The highest BCUT2D eigenvalue weighted by Crippen LogP contribution is 2.19. The zero-order valence-corrected chi connectivity index (χ0v) is 9.21. The fourth-order valence-corrected chi connectivity index (χ4v) is 1.40. The average Bonchev–Trinajstić information content (AvgIpc) is 2.09. The number of aromatic hydroxyl groups is 1. The van der Waals surface area contributed by atoms with Crippen molar-refractivity contribution in [3.05, 3.63) is 16.4 Å². The average molecular weight is 245 g/mol. The maximum atomic E-state index is 9.46. The topological polar surface area (TPSA) is 46.0 Å². The highest BCUT2D eigenvalue weighted by Gasteiger charge is 2.03. The summed E-state index contributed by atoms with van der Waals surface area (Å²) < 4.78 is 0.573. The summed E-state index contributed by atoms with van der Waals surface area (Å²) in [5, 5.41) is 17.2. The van der Waals surface area contributed by atoms with Gasteiger partial charge in [-0.2, -0.15) is 5.10 Å². The van der Waals surface area contributed by atoms with Crippen molar-refractivity contribution >= 4 is 15.9 Å². The van der Waals surface area contributed by atoms with Crippen LogP contribution in [0.25, 0.3) is 0 Å². The molecule has 0 bridgehead atoms. The van der Waals surface area contributed by atoms with E-state index in [4.69, 9.17) is 0 Å². The molecule has 1 rings (SSSR count). The smallest absolute Gasteiger partial charge is 0.141 e. The maximum Gasteiger partial charge on any atom is 0.141 e. The molecular weight excluding hydrogens is 232 g/mol. The van der Waals surface area contributed by atoms with Crippen molar-refractivity contribution in [2.75, 3.05) is 0 Å². The molecule has 0 aromatic carbocycles. The van der Waals surface area contributed by atoms with E-state index in [2.05, 4.69) is 33.1 Å². The predicted molar refractivity (Wildman–Crippen MR) is 54.6 cm³/mol. The number of rotatable bonds is 4. The van der Waals surface area contributed by atoms with Crippen LogP contribution in [0, 0.1) is 0 Å². The summed E-state index contributed by atoms with van der Waals surface area (Å²) in [5.74, 6) is 0.234. The molecule has 72 valence electrons. The third kappa shape index (κ3) is 3.30. The molecule has 1 N–H and O–H groups in total. The number of halogens is 1. The minimum Gasteiger partial charge on any atom is -0.506 e. The van der Waals surface area contributed by atoms with Gasteiger partial charge in [-0.25, -0.2) is 0 Å². The van der Waals surface area contributed by atoms with Gasteiger partial charge in [-0.1, -0.05) is 19.8 Å². The van der Waals surface area contributed by atoms with Gasteiger partial charge in [0.15, 0.2) is 0 Å². The fourth-order valence-electron chi connectivity index (χ4n) is 1.10. The first-order chi connectivity index (χ1) is 6.24. The van der Waals surface area contributed by atoms with Crippen molar-refractivity contribution in [1.29, 1.82) is 0 Å². The molecule has 0 unspecified atom stereocenters. The van der Waals surface area contributed by atoms with Crippen molar-refractivity contribution < 1.29 is 5.11 Å². The van der Waals surface area contributed by atoms with Gasteiger partial charge in [-0.15, -0.1) is 5.10 Å². The summed E-state index contributed by atoms with van der Waals surface area (Å²) in [7, 11) is 0. The number of hydrogen-bond donors (Lipinski definition) is 1. The van der Waals surface area contributed by atoms with Crippen LogP contribution in [0.2, 0.25) is 0 Å². The van der Waals surface area contributed by atoms with Gasteiger partial charge < -0.3 is 5.11 Å². The summed E-state index contributed by atoms with van der Waals surface area (Å²) >= 11 is 3.14. The fraction of sp³-hybridized carbons (Fsp3) is 0.556. The van der Waals surface area contributed by atoms with Gasteiger partial charge >= 0.3 is 0 Å². The van der Waals surface area contributed by atoms with Crippen LogP contribution in [0.4, 0.5) is 0 Å². The van der Waals surface area contributed by atoms with E-state index < -0.39 is 0 Å². The van der Waals surface area contributed by atoms with Crippen LogP contribution in [-0.2, 0) is 6.42 Å². The van der Waals surface area contributed by atoms with Crippen LogP contribution in [-0.4, -0.2) is 15.3 Å². The Kier molecular flexibility index (Phi) is 4.15. The normalized spacial score (nSPS) is 10.3. The predicted octanol–water partition coefficient (Wildman–Crippen LogP) is 2.68. The third-order valence-electron chi connectivity index (χ3n) is 1.83. The van der Waals surface area contributed by atoms with Gasteiger partial charge in [0, 0.05) is 6.07 Å². The van der Waals surface area contributed by atoms with Crippen LogP contribution in [0.1, 0.15) is 31.9 Å². The molecule has 1 aromatic rings. The molecule has 0 aliphatic carbocycles. The molecule has 4 heteroatoms. The van der Waals surface area contributed by atoms with E-state index in [1.165, 1.54) is 6.42 Å². The molecule has 3 nitrogen and oxygen atoms in total. The molecule has 1 heterocycles. The van der Waals surface area contributed by atoms with Gasteiger partial charge in [0.1, 0.15) is 16.0 Å². The molecule has 0 saturated heterocycles. The Morgan fingerprint density at radius 3 is 2.77 bits per heavy atom. The molecule has 0 fully saturated rings. The zero-order valence-electron chi connectivity index (χ0n) is 7.63. The molecule has 1 aromatic heterocycles. The Hall–Kier alpha value is -0.640. The minimum absolute atomic E-state index is 0.234. The van der Waals surface area contributed by atoms with Gasteiger partial charge in [0.05, 0.1) is 0 Å². The van der Waals surface area contributed by atoms with E-state index in [9.17, 15) is 5.11 Å². The van der Waals surface area contributed by atoms with Crippen LogP contribution in [0.5, 0.6) is 5.75 Å². The van der Waals surface area contributed by atoms with Crippen LogP contribution >= 0.6 is 15.9 Å². The molecule has 0 atom stereocenters. The van der Waals surface area contributed by atoms with Crippen molar-refractivity contribution in [2.24, 2.45) is 0 Å². The first kappa shape index (κ1) is 10.4. The van der Waals surface area contributed by atoms with E-state index in [1.807, 2.05) is 0 Å². The first-order valence-electron chi connectivity index (χ1n) is 4.45. The lowest BCUT2D eigenvalue weighted by Gasteiger charge is -2.01. The van der Waals surface area contributed by atoms with Crippen molar-refractivity contribution in [1.82, 2.24) is 10.2 Å². The van der Waals surface area contributed by atoms with E-state index in [1.54, 1.807) is 6.07 Å². The Labute approximate surface area is 86.3 Å². The second-order valence-corrected chi connectivity index (χ2v) is 3.77. The van der Waals surface area contributed by atoms with Gasteiger partial charge in [0.2, 0.25) is 0 Å². The second-order valence-electron chi connectivity index (χ2n) is 2.96. The molecule has 13 heavy (non-hydrogen) atoms. The number of aromatic nitrogens is 2. The SMILES string of the molecule is CCCCCc1nnc(Br)cc1O. The van der Waals surface area contributed by atoms with E-state index >= 15 is 0 Å². The molecule has 0 saturated carbocycles. The van der Waals surface area contributed by atoms with Crippen molar-refractivity contribution in [3.63, 3.8) is 0 Å². The quantitative estimate of drug-likeness (QED) is 0.829. The number of nitrogens with zero attached hydrogens (tertiary/aromatic N) is 2. The van der Waals surface area contributed by atoms with Gasteiger partial charge in [-0.3, -0.25) is 0 Å². The Balaban J connectivity index is 2.56. The number of hydrogen-bond acceptors (Lipinski definition) is 3. The Bertz CT molecular complexity index is 278. The third-order valence-corrected chi connectivity index (χ3v) is 2.22. The van der Waals surface area contributed by atoms with Gasteiger partial charge in [0.25, 0.3) is 0 Å². The lowest BCUT2D eigenvalue weighted by Crippen LogP contribution is -1.94. The molecule has 0 amide bonds. The highest BCUT2D eigenvalue weighted by atomic mass is 79.9. The summed E-state index contributed by atoms with van der Waals surface area (Å²) in [5.41, 5.74) is 0.691. The van der Waals surface area contributed by atoms with E-state index in [0.29, 0.717) is 10.3 Å². The molecular formula is C9H13BrN2O. The highest BCUT2D eigenvalue weighted by molar-refractivity contribution is 9.10. The summed E-state index contributed by atoms with van der Waals surface area (Å²) in [6.45, 7) is 2.15. The van der Waals surface area contributed by atoms with Crippen LogP contribution in [0.15, 0.2) is 10.7 Å². The largest absolute Gasteiger partial charge is 0.506 e. The number of aryl methyl sites for hydroxylation is 1. The molecule has 0 aliphatic heterocycles. The lowest BCUT2D eigenvalue weighted by molar-refractivity contribution is 0.458. The molecule has 0 aliphatic rings. The zero-order chi connectivity index (χ0) is 9.68. The standard InChI is InChI=1S/C9H13BrN2O/c1-2-3-4-5-7-8(13)6-9(10)12-11-7/h6H,2-5H2,1H3,(H,12,13). The van der Waals surface area contributed by atoms with Crippen molar-refractivity contribution in [3.8, 4) is 5.75 Å². The lowest BCUT2D eigenvalue weighted by atomic mass is 10.1. The summed E-state index contributed by atoms with van der Waals surface area (Å²) in [6, 6.07) is 1.58.